The topological polar surface area (TPSA) is 87.2 Å². The molecule has 0 atom stereocenters. The van der Waals surface area contributed by atoms with Crippen LogP contribution < -0.4 is 0 Å². The Balaban J connectivity index is 1.74. The summed E-state index contributed by atoms with van der Waals surface area (Å²) in [5, 5.41) is 0.617. The zero-order chi connectivity index (χ0) is 25.4. The molecule has 1 saturated carbocycles. The van der Waals surface area contributed by atoms with E-state index in [-0.39, 0.29) is 49.2 Å². The molecule has 1 aromatic carbocycles. The Hall–Kier alpha value is -1.68. The molecule has 10 heteroatoms. The molecule has 3 rings (SSSR count). The predicted octanol–water partition coefficient (Wildman–Crippen LogP) is 3.15. The van der Waals surface area contributed by atoms with Crippen LogP contribution in [-0.2, 0) is 30.9 Å². The van der Waals surface area contributed by atoms with Gasteiger partial charge in [0.15, 0.2) is 0 Å². The van der Waals surface area contributed by atoms with E-state index in [1.807, 2.05) is 17.0 Å². The van der Waals surface area contributed by atoms with Crippen LogP contribution in [-0.4, -0.2) is 86.0 Å². The second-order valence-corrected chi connectivity index (χ2v) is 12.0. The first-order chi connectivity index (χ1) is 16.7. The monoisotopic (exact) mass is 527 g/mol. The van der Waals surface area contributed by atoms with Crippen LogP contribution in [0.5, 0.6) is 0 Å². The predicted molar refractivity (Wildman–Crippen MR) is 136 cm³/mol. The van der Waals surface area contributed by atoms with Gasteiger partial charge in [0.05, 0.1) is 18.9 Å². The maximum absolute atomic E-state index is 13.6. The second-order valence-electron chi connectivity index (χ2n) is 9.47. The number of ether oxygens (including phenoxy) is 1. The third kappa shape index (κ3) is 7.65. The van der Waals surface area contributed by atoms with Crippen LogP contribution in [0.1, 0.15) is 51.0 Å². The Morgan fingerprint density at radius 2 is 1.77 bits per heavy atom. The summed E-state index contributed by atoms with van der Waals surface area (Å²) in [4.78, 5) is 30.0. The summed E-state index contributed by atoms with van der Waals surface area (Å²) in [5.41, 5.74) is 0.926. The molecule has 1 saturated heterocycles. The lowest BCUT2D eigenvalue weighted by atomic mass is 9.84. The molecule has 1 aromatic rings. The Morgan fingerprint density at radius 1 is 1.11 bits per heavy atom. The minimum atomic E-state index is -3.57. The summed E-state index contributed by atoms with van der Waals surface area (Å²) in [7, 11) is -2.06. The molecule has 0 spiro atoms. The molecule has 0 radical (unpaired) electrons. The van der Waals surface area contributed by atoms with Gasteiger partial charge in [0, 0.05) is 50.3 Å². The number of likely N-dealkylation sites (tertiary alicyclic amines) is 1. The first-order valence-corrected chi connectivity index (χ1v) is 14.5. The van der Waals surface area contributed by atoms with Gasteiger partial charge in [0.2, 0.25) is 21.8 Å². The molecule has 2 fully saturated rings. The number of nitrogens with zero attached hydrogens (tertiary/aromatic N) is 3. The fraction of sp³-hybridized carbons (Fsp3) is 0.680. The van der Waals surface area contributed by atoms with Gasteiger partial charge in [-0.05, 0) is 49.8 Å². The summed E-state index contributed by atoms with van der Waals surface area (Å²) >= 11 is 6.04. The lowest BCUT2D eigenvalue weighted by Crippen LogP contribution is -2.52. The number of rotatable bonds is 12. The first-order valence-electron chi connectivity index (χ1n) is 12.5. The van der Waals surface area contributed by atoms with Gasteiger partial charge in [-0.15, -0.1) is 0 Å². The molecule has 0 unspecified atom stereocenters. The molecule has 2 aliphatic rings. The Kier molecular flexibility index (Phi) is 10.4. The molecule has 0 aromatic heterocycles. The van der Waals surface area contributed by atoms with Crippen molar-refractivity contribution in [3.63, 3.8) is 0 Å². The van der Waals surface area contributed by atoms with E-state index in [9.17, 15) is 18.0 Å². The third-order valence-electron chi connectivity index (χ3n) is 6.97. The minimum Gasteiger partial charge on any atom is -0.383 e. The van der Waals surface area contributed by atoms with Gasteiger partial charge in [-0.2, -0.15) is 4.31 Å². The molecule has 35 heavy (non-hydrogen) atoms. The van der Waals surface area contributed by atoms with E-state index in [0.717, 1.165) is 24.8 Å². The van der Waals surface area contributed by atoms with Crippen LogP contribution in [0.4, 0.5) is 0 Å². The lowest BCUT2D eigenvalue weighted by molar-refractivity contribution is -0.141. The molecular weight excluding hydrogens is 490 g/mol. The average Bonchev–Trinajstić information content (AvgIpc) is 2.80. The smallest absolute Gasteiger partial charge is 0.238 e. The molecule has 0 N–H and O–H groups in total. The fourth-order valence-corrected chi connectivity index (χ4v) is 6.22. The van der Waals surface area contributed by atoms with E-state index in [1.165, 1.54) is 11.4 Å². The average molecular weight is 528 g/mol. The van der Waals surface area contributed by atoms with Crippen LogP contribution in [0.2, 0.25) is 5.02 Å². The maximum Gasteiger partial charge on any atom is 0.238 e. The van der Waals surface area contributed by atoms with Gasteiger partial charge in [-0.1, -0.05) is 37.1 Å². The number of methoxy groups -OCH3 is 1. The fourth-order valence-electron chi connectivity index (χ4n) is 4.66. The van der Waals surface area contributed by atoms with Crippen molar-refractivity contribution in [3.05, 3.63) is 34.9 Å². The Bertz CT molecular complexity index is 944. The summed E-state index contributed by atoms with van der Waals surface area (Å²) in [6, 6.07) is 7.27. The highest BCUT2D eigenvalue weighted by Gasteiger charge is 2.35. The van der Waals surface area contributed by atoms with Gasteiger partial charge < -0.3 is 14.5 Å². The van der Waals surface area contributed by atoms with Crippen LogP contribution in [0.15, 0.2) is 24.3 Å². The zero-order valence-corrected chi connectivity index (χ0v) is 22.4. The molecule has 1 heterocycles. The van der Waals surface area contributed by atoms with E-state index in [1.54, 1.807) is 24.0 Å². The summed E-state index contributed by atoms with van der Waals surface area (Å²) in [6.07, 6.45) is 4.90. The molecule has 0 bridgehead atoms. The minimum absolute atomic E-state index is 0.0111. The number of carbonyl (C=O) groups excluding carboxylic acids is 2. The highest BCUT2D eigenvalue weighted by Crippen LogP contribution is 2.30. The van der Waals surface area contributed by atoms with Crippen LogP contribution in [0.3, 0.4) is 0 Å². The van der Waals surface area contributed by atoms with Crippen molar-refractivity contribution >= 4 is 33.4 Å². The quantitative estimate of drug-likeness (QED) is 0.417. The van der Waals surface area contributed by atoms with E-state index in [0.29, 0.717) is 43.9 Å². The Morgan fingerprint density at radius 3 is 2.31 bits per heavy atom. The van der Waals surface area contributed by atoms with Gasteiger partial charge in [-0.25, -0.2) is 8.42 Å². The standard InChI is InChI=1S/C25H38ClN3O5S/c1-3-17-35(32,33)28(15-16-34-2)19-24(30)29(18-20-7-9-22(26)10-8-20)23-11-13-27(14-12-23)25(31)21-5-4-6-21/h7-10,21,23H,3-6,11-19H2,1-2H3. The number of amides is 2. The van der Waals surface area contributed by atoms with Crippen molar-refractivity contribution in [2.45, 2.75) is 58.0 Å². The van der Waals surface area contributed by atoms with Crippen molar-refractivity contribution in [2.75, 3.05) is 45.6 Å². The lowest BCUT2D eigenvalue weighted by Gasteiger charge is -2.41. The molecule has 1 aliphatic carbocycles. The molecule has 1 aliphatic heterocycles. The van der Waals surface area contributed by atoms with Crippen molar-refractivity contribution in [1.82, 2.24) is 14.1 Å². The number of carbonyl (C=O) groups is 2. The largest absolute Gasteiger partial charge is 0.383 e. The summed E-state index contributed by atoms with van der Waals surface area (Å²) in [6.45, 7) is 3.53. The number of sulfonamides is 1. The van der Waals surface area contributed by atoms with Crippen LogP contribution in [0.25, 0.3) is 0 Å². The van der Waals surface area contributed by atoms with Crippen molar-refractivity contribution in [3.8, 4) is 0 Å². The normalized spacial score (nSPS) is 17.4. The number of piperidine rings is 1. The van der Waals surface area contributed by atoms with E-state index in [2.05, 4.69) is 0 Å². The van der Waals surface area contributed by atoms with Crippen LogP contribution >= 0.6 is 11.6 Å². The molecule has 196 valence electrons. The van der Waals surface area contributed by atoms with E-state index >= 15 is 0 Å². The van der Waals surface area contributed by atoms with Gasteiger partial charge in [-0.3, -0.25) is 9.59 Å². The number of hydrogen-bond acceptors (Lipinski definition) is 5. The Labute approximate surface area is 214 Å². The zero-order valence-electron chi connectivity index (χ0n) is 20.8. The van der Waals surface area contributed by atoms with Gasteiger partial charge in [0.1, 0.15) is 0 Å². The van der Waals surface area contributed by atoms with E-state index < -0.39 is 10.0 Å². The number of halogens is 1. The second kappa shape index (κ2) is 13.0. The summed E-state index contributed by atoms with van der Waals surface area (Å²) < 4.78 is 32.0. The van der Waals surface area contributed by atoms with Crippen molar-refractivity contribution < 1.29 is 22.7 Å². The SMILES string of the molecule is CCCS(=O)(=O)N(CCOC)CC(=O)N(Cc1ccc(Cl)cc1)C1CCN(C(=O)C2CCC2)CC1. The highest BCUT2D eigenvalue weighted by atomic mass is 35.5. The molecular formula is C25H38ClN3O5S. The number of benzene rings is 1. The molecule has 8 nitrogen and oxygen atoms in total. The van der Waals surface area contributed by atoms with Gasteiger partial charge >= 0.3 is 0 Å². The summed E-state index contributed by atoms with van der Waals surface area (Å²) in [5.74, 6) is 0.153. The molecule has 2 amide bonds. The number of hydrogen-bond donors (Lipinski definition) is 0. The van der Waals surface area contributed by atoms with Crippen LogP contribution in [0, 0.1) is 5.92 Å². The third-order valence-corrected chi connectivity index (χ3v) is 9.24. The van der Waals surface area contributed by atoms with Gasteiger partial charge in [0.25, 0.3) is 0 Å². The first kappa shape index (κ1) is 27.9. The maximum atomic E-state index is 13.6. The highest BCUT2D eigenvalue weighted by molar-refractivity contribution is 7.89. The van der Waals surface area contributed by atoms with Crippen molar-refractivity contribution in [2.24, 2.45) is 5.92 Å². The van der Waals surface area contributed by atoms with Crippen molar-refractivity contribution in [1.29, 1.82) is 0 Å². The van der Waals surface area contributed by atoms with E-state index in [4.69, 9.17) is 16.3 Å².